The Morgan fingerprint density at radius 2 is 1.66 bits per heavy atom. The van der Waals surface area contributed by atoms with E-state index in [2.05, 4.69) is 20.9 Å². The molecule has 1 aliphatic carbocycles. The zero-order chi connectivity index (χ0) is 30.6. The first kappa shape index (κ1) is 33.5. The number of carbonyl (C=O) groups excluding carboxylic acids is 2. The van der Waals surface area contributed by atoms with Crippen LogP contribution in [0.1, 0.15) is 72.3 Å². The summed E-state index contributed by atoms with van der Waals surface area (Å²) in [7, 11) is -2.02. The molecule has 1 saturated heterocycles. The summed E-state index contributed by atoms with van der Waals surface area (Å²) in [5, 5.41) is 20.7. The van der Waals surface area contributed by atoms with Gasteiger partial charge in [0.1, 0.15) is 6.04 Å². The second-order valence-corrected chi connectivity index (χ2v) is 16.3. The molecule has 4 N–H and O–H groups in total. The first-order chi connectivity index (χ1) is 19.0. The van der Waals surface area contributed by atoms with Gasteiger partial charge in [-0.3, -0.25) is 14.5 Å². The first-order valence-corrected chi connectivity index (χ1v) is 16.9. The highest BCUT2D eigenvalue weighted by Crippen LogP contribution is 2.39. The fourth-order valence-electron chi connectivity index (χ4n) is 6.42. The number of amides is 2. The van der Waals surface area contributed by atoms with Gasteiger partial charge in [0.05, 0.1) is 22.9 Å². The number of β-amino-alcohol motifs (C(OH)–C–C–N with tert-alkyl or cyclic N) is 1. The van der Waals surface area contributed by atoms with E-state index in [1.807, 2.05) is 51.1 Å². The molecule has 10 heteroatoms. The average molecular weight is 593 g/mol. The second kappa shape index (κ2) is 13.5. The number of piperidine rings is 1. The standard InChI is InChI=1S/C31H52N4O5S/c1-30(2,3)34-28(37)25-18-22-15-11-12-16-23(22)19-35(25)20-26(36)24(17-21-13-9-8-10-14-21)33-29(38)27(32-6)31(4,5)41(7,39)40/h8-10,13-14,22-27,32,36H,11-12,15-20H2,1-7H3,(H,33,38)(H,34,37)/t22-,23+,24-,25-,26+,27+/m0/s1. The van der Waals surface area contributed by atoms with Gasteiger partial charge in [0.25, 0.3) is 0 Å². The molecule has 0 spiro atoms. The van der Waals surface area contributed by atoms with E-state index in [4.69, 9.17) is 0 Å². The molecule has 2 aliphatic rings. The van der Waals surface area contributed by atoms with Gasteiger partial charge in [-0.2, -0.15) is 0 Å². The van der Waals surface area contributed by atoms with Crippen molar-refractivity contribution < 1.29 is 23.1 Å². The van der Waals surface area contributed by atoms with Gasteiger partial charge in [-0.15, -0.1) is 0 Å². The number of aliphatic hydroxyl groups excluding tert-OH is 1. The second-order valence-electron chi connectivity index (χ2n) is 13.7. The van der Waals surface area contributed by atoms with Gasteiger partial charge in [0.2, 0.25) is 11.8 Å². The van der Waals surface area contributed by atoms with E-state index in [9.17, 15) is 23.1 Å². The summed E-state index contributed by atoms with van der Waals surface area (Å²) in [4.78, 5) is 29.1. The number of carbonyl (C=O) groups is 2. The number of likely N-dealkylation sites (N-methyl/N-ethyl adjacent to an activating group) is 1. The zero-order valence-electron chi connectivity index (χ0n) is 25.9. The van der Waals surface area contributed by atoms with Crippen LogP contribution in [0, 0.1) is 11.8 Å². The molecule has 1 heterocycles. The van der Waals surface area contributed by atoms with E-state index < -0.39 is 38.7 Å². The highest BCUT2D eigenvalue weighted by Gasteiger charge is 2.45. The molecule has 232 valence electrons. The van der Waals surface area contributed by atoms with Crippen LogP contribution in [0.2, 0.25) is 0 Å². The molecule has 0 unspecified atom stereocenters. The third kappa shape index (κ3) is 8.75. The van der Waals surface area contributed by atoms with E-state index in [1.165, 1.54) is 26.7 Å². The Hall–Kier alpha value is -2.01. The highest BCUT2D eigenvalue weighted by atomic mass is 32.2. The van der Waals surface area contributed by atoms with Crippen LogP contribution in [-0.2, 0) is 25.8 Å². The van der Waals surface area contributed by atoms with E-state index in [0.717, 1.165) is 37.6 Å². The molecule has 9 nitrogen and oxygen atoms in total. The van der Waals surface area contributed by atoms with E-state index in [1.54, 1.807) is 7.05 Å². The van der Waals surface area contributed by atoms with Crippen LogP contribution >= 0.6 is 0 Å². The zero-order valence-corrected chi connectivity index (χ0v) is 26.8. The molecule has 0 bridgehead atoms. The minimum absolute atomic E-state index is 0.0254. The lowest BCUT2D eigenvalue weighted by Crippen LogP contribution is -2.63. The molecule has 1 aromatic rings. The molecule has 41 heavy (non-hydrogen) atoms. The molecule has 2 fully saturated rings. The van der Waals surface area contributed by atoms with Crippen molar-refractivity contribution in [3.05, 3.63) is 35.9 Å². The van der Waals surface area contributed by atoms with Crippen molar-refractivity contribution in [2.75, 3.05) is 26.4 Å². The van der Waals surface area contributed by atoms with Gasteiger partial charge in [-0.25, -0.2) is 8.42 Å². The number of nitrogens with zero attached hydrogens (tertiary/aromatic N) is 1. The van der Waals surface area contributed by atoms with E-state index in [0.29, 0.717) is 18.3 Å². The van der Waals surface area contributed by atoms with Crippen molar-refractivity contribution in [2.24, 2.45) is 11.8 Å². The van der Waals surface area contributed by atoms with Crippen molar-refractivity contribution in [3.63, 3.8) is 0 Å². The third-order valence-electron chi connectivity index (χ3n) is 9.02. The lowest BCUT2D eigenvalue weighted by atomic mass is 9.72. The fraction of sp³-hybridized carbons (Fsp3) is 0.742. The molecule has 0 radical (unpaired) electrons. The average Bonchev–Trinajstić information content (AvgIpc) is 2.87. The normalized spacial score (nSPS) is 24.5. The smallest absolute Gasteiger partial charge is 0.239 e. The number of fused-ring (bicyclic) bond motifs is 1. The van der Waals surface area contributed by atoms with E-state index in [-0.39, 0.29) is 24.0 Å². The Morgan fingerprint density at radius 1 is 1.05 bits per heavy atom. The molecule has 6 atom stereocenters. The predicted molar refractivity (Wildman–Crippen MR) is 163 cm³/mol. The lowest BCUT2D eigenvalue weighted by Gasteiger charge is -2.47. The Labute approximate surface area is 247 Å². The van der Waals surface area contributed by atoms with Crippen molar-refractivity contribution in [1.29, 1.82) is 0 Å². The quantitative estimate of drug-likeness (QED) is 0.311. The summed E-state index contributed by atoms with van der Waals surface area (Å²) in [6.07, 6.45) is 5.90. The predicted octanol–water partition coefficient (Wildman–Crippen LogP) is 2.28. The molecular weight excluding hydrogens is 540 g/mol. The minimum atomic E-state index is -3.58. The Bertz CT molecular complexity index is 1130. The molecule has 1 aliphatic heterocycles. The number of aliphatic hydroxyl groups is 1. The van der Waals surface area contributed by atoms with Crippen LogP contribution in [0.3, 0.4) is 0 Å². The molecular formula is C31H52N4O5S. The van der Waals surface area contributed by atoms with Gasteiger partial charge in [0.15, 0.2) is 9.84 Å². The monoisotopic (exact) mass is 592 g/mol. The third-order valence-corrected chi connectivity index (χ3v) is 11.2. The van der Waals surface area contributed by atoms with Crippen LogP contribution in [0.4, 0.5) is 0 Å². The maximum atomic E-state index is 13.6. The number of likely N-dealkylation sites (tertiary alicyclic amines) is 1. The van der Waals surface area contributed by atoms with Crippen molar-refractivity contribution >= 4 is 21.7 Å². The maximum Gasteiger partial charge on any atom is 0.239 e. The minimum Gasteiger partial charge on any atom is -0.390 e. The van der Waals surface area contributed by atoms with Gasteiger partial charge < -0.3 is 21.1 Å². The maximum absolute atomic E-state index is 13.6. The summed E-state index contributed by atoms with van der Waals surface area (Å²) >= 11 is 0. The Kier molecular flexibility index (Phi) is 11.0. The number of rotatable bonds is 11. The van der Waals surface area contributed by atoms with E-state index >= 15 is 0 Å². The number of hydrogen-bond acceptors (Lipinski definition) is 7. The van der Waals surface area contributed by atoms with Crippen LogP contribution in [0.5, 0.6) is 0 Å². The summed E-state index contributed by atoms with van der Waals surface area (Å²) in [5.74, 6) is 0.474. The number of benzene rings is 1. The molecule has 3 rings (SSSR count). The number of hydrogen-bond donors (Lipinski definition) is 4. The largest absolute Gasteiger partial charge is 0.390 e. The van der Waals surface area contributed by atoms with Crippen LogP contribution < -0.4 is 16.0 Å². The van der Waals surface area contributed by atoms with Gasteiger partial charge in [-0.05, 0) is 78.3 Å². The van der Waals surface area contributed by atoms with Crippen molar-refractivity contribution in [3.8, 4) is 0 Å². The molecule has 1 saturated carbocycles. The Morgan fingerprint density at radius 3 is 2.22 bits per heavy atom. The number of nitrogens with one attached hydrogen (secondary N) is 3. The summed E-state index contributed by atoms with van der Waals surface area (Å²) < 4.78 is 23.7. The lowest BCUT2D eigenvalue weighted by molar-refractivity contribution is -0.133. The van der Waals surface area contributed by atoms with Crippen molar-refractivity contribution in [2.45, 2.75) is 108 Å². The first-order valence-electron chi connectivity index (χ1n) is 15.0. The summed E-state index contributed by atoms with van der Waals surface area (Å²) in [6.45, 7) is 9.92. The van der Waals surface area contributed by atoms with Crippen LogP contribution in [0.25, 0.3) is 0 Å². The topological polar surface area (TPSA) is 128 Å². The fourth-order valence-corrected chi connectivity index (χ4v) is 7.07. The van der Waals surface area contributed by atoms with Gasteiger partial charge in [0, 0.05) is 24.9 Å². The molecule has 2 amide bonds. The Balaban J connectivity index is 1.87. The summed E-state index contributed by atoms with van der Waals surface area (Å²) in [5.41, 5.74) is 0.566. The van der Waals surface area contributed by atoms with Crippen molar-refractivity contribution in [1.82, 2.24) is 20.9 Å². The van der Waals surface area contributed by atoms with Gasteiger partial charge in [-0.1, -0.05) is 49.6 Å². The van der Waals surface area contributed by atoms with Crippen LogP contribution in [0.15, 0.2) is 30.3 Å². The van der Waals surface area contributed by atoms with Gasteiger partial charge >= 0.3 is 0 Å². The SMILES string of the molecule is CN[C@H](C(=O)N[C@@H](Cc1ccccc1)[C@H](O)CN1C[C@H]2CCCC[C@H]2C[C@H]1C(=O)NC(C)(C)C)C(C)(C)S(C)(=O)=O. The molecule has 0 aromatic heterocycles. The van der Waals surface area contributed by atoms with Crippen LogP contribution in [-0.4, -0.2) is 91.1 Å². The molecule has 1 aromatic carbocycles. The summed E-state index contributed by atoms with van der Waals surface area (Å²) in [6, 6.07) is 7.54. The highest BCUT2D eigenvalue weighted by molar-refractivity contribution is 7.92. The number of sulfone groups is 1.